The van der Waals surface area contributed by atoms with Crippen LogP contribution in [0.1, 0.15) is 11.1 Å². The summed E-state index contributed by atoms with van der Waals surface area (Å²) in [6.07, 6.45) is 1.63. The van der Waals surface area contributed by atoms with Gasteiger partial charge in [-0.15, -0.1) is 0 Å². The average molecular weight is 310 g/mol. The fourth-order valence-electron chi connectivity index (χ4n) is 2.13. The summed E-state index contributed by atoms with van der Waals surface area (Å²) >= 11 is 5.24. The Hall–Kier alpha value is -2.73. The van der Waals surface area contributed by atoms with Gasteiger partial charge >= 0.3 is 0 Å². The second-order valence-corrected chi connectivity index (χ2v) is 5.21. The topological polar surface area (TPSA) is 66.2 Å². The van der Waals surface area contributed by atoms with Gasteiger partial charge < -0.3 is 5.11 Å². The highest BCUT2D eigenvalue weighted by Crippen LogP contribution is 2.21. The highest BCUT2D eigenvalue weighted by molar-refractivity contribution is 7.71. The molecule has 22 heavy (non-hydrogen) atoms. The van der Waals surface area contributed by atoms with Crippen LogP contribution in [0, 0.1) is 11.7 Å². The molecule has 0 aliphatic rings. The first-order valence-corrected chi connectivity index (χ1v) is 7.13. The number of aromatic nitrogens is 3. The van der Waals surface area contributed by atoms with Gasteiger partial charge in [0.25, 0.3) is 0 Å². The summed E-state index contributed by atoms with van der Waals surface area (Å²) in [6, 6.07) is 14.7. The van der Waals surface area contributed by atoms with Crippen LogP contribution in [0.25, 0.3) is 11.4 Å². The maximum Gasteiger partial charge on any atom is 0.216 e. The largest absolute Gasteiger partial charge is 0.508 e. The minimum absolute atomic E-state index is 0.193. The van der Waals surface area contributed by atoms with Gasteiger partial charge in [-0.2, -0.15) is 14.9 Å². The van der Waals surface area contributed by atoms with Gasteiger partial charge in [0.1, 0.15) is 5.75 Å². The number of benzene rings is 2. The third-order valence-electron chi connectivity index (χ3n) is 3.23. The Morgan fingerprint density at radius 2 is 2.05 bits per heavy atom. The Labute approximate surface area is 132 Å². The van der Waals surface area contributed by atoms with Crippen molar-refractivity contribution in [2.75, 3.05) is 0 Å². The minimum Gasteiger partial charge on any atom is -0.508 e. The zero-order valence-corrected chi connectivity index (χ0v) is 12.7. The molecule has 0 saturated heterocycles. The lowest BCUT2D eigenvalue weighted by Gasteiger charge is -2.04. The number of hydrogen-bond acceptors (Lipinski definition) is 4. The van der Waals surface area contributed by atoms with E-state index < -0.39 is 0 Å². The van der Waals surface area contributed by atoms with E-state index in [2.05, 4.69) is 15.3 Å². The van der Waals surface area contributed by atoms with E-state index in [1.807, 2.05) is 37.3 Å². The highest BCUT2D eigenvalue weighted by atomic mass is 32.1. The molecule has 5 nitrogen and oxygen atoms in total. The highest BCUT2D eigenvalue weighted by Gasteiger charge is 2.09. The van der Waals surface area contributed by atoms with E-state index in [1.54, 1.807) is 29.1 Å². The lowest BCUT2D eigenvalue weighted by atomic mass is 10.1. The second-order valence-electron chi connectivity index (χ2n) is 4.82. The van der Waals surface area contributed by atoms with Gasteiger partial charge in [0.05, 0.1) is 6.21 Å². The van der Waals surface area contributed by atoms with Crippen molar-refractivity contribution in [2.45, 2.75) is 6.92 Å². The first kappa shape index (κ1) is 14.2. The molecule has 0 radical (unpaired) electrons. The Morgan fingerprint density at radius 3 is 2.82 bits per heavy atom. The van der Waals surface area contributed by atoms with Crippen molar-refractivity contribution in [3.63, 3.8) is 0 Å². The second kappa shape index (κ2) is 5.95. The monoisotopic (exact) mass is 310 g/mol. The van der Waals surface area contributed by atoms with E-state index >= 15 is 0 Å². The number of phenols is 1. The summed E-state index contributed by atoms with van der Waals surface area (Å²) in [7, 11) is 0. The minimum atomic E-state index is 0.193. The quantitative estimate of drug-likeness (QED) is 0.575. The van der Waals surface area contributed by atoms with Gasteiger partial charge in [-0.05, 0) is 42.4 Å². The van der Waals surface area contributed by atoms with E-state index in [-0.39, 0.29) is 5.75 Å². The number of aromatic hydroxyl groups is 1. The van der Waals surface area contributed by atoms with Crippen LogP contribution in [0.5, 0.6) is 5.75 Å². The normalized spacial score (nSPS) is 11.1. The SMILES string of the molecule is Cc1ccccc1-c1n[nH]c(=S)n1/N=C\c1cccc(O)c1. The first-order chi connectivity index (χ1) is 10.6. The maximum absolute atomic E-state index is 9.49. The molecule has 0 atom stereocenters. The van der Waals surface area contributed by atoms with Crippen molar-refractivity contribution in [1.29, 1.82) is 0 Å². The number of H-pyrrole nitrogens is 1. The Morgan fingerprint density at radius 1 is 1.23 bits per heavy atom. The molecule has 0 aliphatic carbocycles. The van der Waals surface area contributed by atoms with E-state index in [9.17, 15) is 5.11 Å². The average Bonchev–Trinajstić information content (AvgIpc) is 2.87. The molecule has 0 aliphatic heterocycles. The van der Waals surface area contributed by atoms with E-state index in [0.717, 1.165) is 16.7 Å². The molecule has 0 fully saturated rings. The summed E-state index contributed by atoms with van der Waals surface area (Å²) in [4.78, 5) is 0. The Kier molecular flexibility index (Phi) is 3.84. The fraction of sp³-hybridized carbons (Fsp3) is 0.0625. The van der Waals surface area contributed by atoms with Crippen molar-refractivity contribution < 1.29 is 5.11 Å². The third kappa shape index (κ3) is 2.82. The molecule has 2 aromatic carbocycles. The molecule has 110 valence electrons. The van der Waals surface area contributed by atoms with Gasteiger partial charge in [0.2, 0.25) is 4.77 Å². The number of hydrogen-bond donors (Lipinski definition) is 2. The number of rotatable bonds is 3. The van der Waals surface area contributed by atoms with Crippen LogP contribution in [0.15, 0.2) is 53.6 Å². The fourth-order valence-corrected chi connectivity index (χ4v) is 2.31. The predicted molar refractivity (Wildman–Crippen MR) is 88.7 cm³/mol. The van der Waals surface area contributed by atoms with Crippen LogP contribution in [0.3, 0.4) is 0 Å². The van der Waals surface area contributed by atoms with E-state index in [1.165, 1.54) is 0 Å². The summed E-state index contributed by atoms with van der Waals surface area (Å²) in [5.41, 5.74) is 2.83. The van der Waals surface area contributed by atoms with Gasteiger partial charge in [-0.1, -0.05) is 36.4 Å². The van der Waals surface area contributed by atoms with Crippen LogP contribution in [0.2, 0.25) is 0 Å². The molecule has 0 amide bonds. The predicted octanol–water partition coefficient (Wildman–Crippen LogP) is 3.50. The molecule has 0 bridgehead atoms. The molecule has 0 unspecified atom stereocenters. The zero-order valence-electron chi connectivity index (χ0n) is 11.9. The number of aryl methyl sites for hydroxylation is 1. The number of phenolic OH excluding ortho intramolecular Hbond substituents is 1. The number of aromatic amines is 1. The van der Waals surface area contributed by atoms with Crippen molar-refractivity contribution in [1.82, 2.24) is 14.9 Å². The first-order valence-electron chi connectivity index (χ1n) is 6.72. The number of nitrogens with zero attached hydrogens (tertiary/aromatic N) is 3. The zero-order chi connectivity index (χ0) is 15.5. The van der Waals surface area contributed by atoms with Gasteiger partial charge in [-0.3, -0.25) is 0 Å². The molecule has 2 N–H and O–H groups in total. The standard InChI is InChI=1S/C16H14N4OS/c1-11-5-2-3-8-14(11)15-18-19-16(22)20(15)17-10-12-6-4-7-13(21)9-12/h2-10,21H,1H3,(H,19,22)/b17-10-. The molecule has 1 aromatic heterocycles. The number of nitrogens with one attached hydrogen (secondary N) is 1. The molecule has 0 spiro atoms. The van der Waals surface area contributed by atoms with Crippen LogP contribution < -0.4 is 0 Å². The Balaban J connectivity index is 2.04. The van der Waals surface area contributed by atoms with Crippen molar-refractivity contribution in [3.05, 3.63) is 64.4 Å². The molecule has 0 saturated carbocycles. The summed E-state index contributed by atoms with van der Waals surface area (Å²) in [5.74, 6) is 0.846. The summed E-state index contributed by atoms with van der Waals surface area (Å²) < 4.78 is 1.98. The molecule has 3 rings (SSSR count). The van der Waals surface area contributed by atoms with Gasteiger partial charge in [0, 0.05) is 5.56 Å². The van der Waals surface area contributed by atoms with Crippen LogP contribution in [-0.4, -0.2) is 26.2 Å². The summed E-state index contributed by atoms with van der Waals surface area (Å²) in [5, 5.41) is 20.9. The van der Waals surface area contributed by atoms with Gasteiger partial charge in [-0.25, -0.2) is 5.10 Å². The van der Waals surface area contributed by atoms with Crippen molar-refractivity contribution in [3.8, 4) is 17.1 Å². The third-order valence-corrected chi connectivity index (χ3v) is 3.49. The van der Waals surface area contributed by atoms with Crippen LogP contribution in [-0.2, 0) is 0 Å². The van der Waals surface area contributed by atoms with E-state index in [0.29, 0.717) is 10.6 Å². The van der Waals surface area contributed by atoms with Gasteiger partial charge in [0.15, 0.2) is 5.82 Å². The molecular formula is C16H14N4OS. The molecular weight excluding hydrogens is 296 g/mol. The molecule has 3 aromatic rings. The van der Waals surface area contributed by atoms with Crippen molar-refractivity contribution in [2.24, 2.45) is 5.10 Å². The lowest BCUT2D eigenvalue weighted by Crippen LogP contribution is -1.96. The maximum atomic E-state index is 9.49. The Bertz CT molecular complexity index is 895. The van der Waals surface area contributed by atoms with Crippen molar-refractivity contribution >= 4 is 18.4 Å². The van der Waals surface area contributed by atoms with Crippen LogP contribution in [0.4, 0.5) is 0 Å². The lowest BCUT2D eigenvalue weighted by molar-refractivity contribution is 0.475. The molecule has 6 heteroatoms. The van der Waals surface area contributed by atoms with E-state index in [4.69, 9.17) is 12.2 Å². The molecule has 1 heterocycles. The summed E-state index contributed by atoms with van der Waals surface area (Å²) in [6.45, 7) is 2.01. The van der Waals surface area contributed by atoms with Crippen LogP contribution >= 0.6 is 12.2 Å². The smallest absolute Gasteiger partial charge is 0.216 e.